The van der Waals surface area contributed by atoms with Crippen LogP contribution in [0.1, 0.15) is 33.9 Å². The summed E-state index contributed by atoms with van der Waals surface area (Å²) in [4.78, 5) is 30.6. The third kappa shape index (κ3) is 4.22. The number of amides is 1. The van der Waals surface area contributed by atoms with E-state index >= 15 is 0 Å². The summed E-state index contributed by atoms with van der Waals surface area (Å²) in [7, 11) is 0. The fraction of sp³-hybridized carbons (Fsp3) is 0.103. The zero-order chi connectivity index (χ0) is 28.1. The van der Waals surface area contributed by atoms with E-state index in [1.54, 1.807) is 17.1 Å². The lowest BCUT2D eigenvalue weighted by Gasteiger charge is -2.16. The van der Waals surface area contributed by atoms with Gasteiger partial charge in [-0.05, 0) is 72.5 Å². The molecule has 0 spiro atoms. The van der Waals surface area contributed by atoms with Crippen molar-refractivity contribution in [1.29, 1.82) is 0 Å². The first-order chi connectivity index (χ1) is 20.0. The second-order valence-corrected chi connectivity index (χ2v) is 9.71. The summed E-state index contributed by atoms with van der Waals surface area (Å²) >= 11 is 0. The number of nitrogens with zero attached hydrogens (tertiary/aromatic N) is 7. The number of pyridine rings is 3. The van der Waals surface area contributed by atoms with Gasteiger partial charge in [0.25, 0.3) is 5.91 Å². The van der Waals surface area contributed by atoms with Gasteiger partial charge in [-0.1, -0.05) is 6.07 Å². The number of nitrogens with one attached hydrogen (secondary N) is 1. The largest absolute Gasteiger partial charge is 0.383 e. The van der Waals surface area contributed by atoms with Crippen LogP contribution in [0.2, 0.25) is 0 Å². The number of nitrogen functional groups attached to an aromatic ring is 2. The van der Waals surface area contributed by atoms with Gasteiger partial charge in [-0.2, -0.15) is 5.10 Å². The number of aromatic nitrogens is 7. The molecule has 0 aliphatic heterocycles. The van der Waals surface area contributed by atoms with Crippen molar-refractivity contribution in [3.63, 3.8) is 0 Å². The molecule has 5 aromatic heterocycles. The number of benzene rings is 1. The fourth-order valence-electron chi connectivity index (χ4n) is 5.22. The number of imidazole rings is 1. The Labute approximate surface area is 232 Å². The van der Waals surface area contributed by atoms with E-state index in [9.17, 15) is 9.18 Å². The number of carbonyl (C=O) groups excluding carboxylic acids is 1. The van der Waals surface area contributed by atoms with Crippen LogP contribution in [0.25, 0.3) is 34.1 Å². The normalized spacial score (nSPS) is 14.3. The minimum atomic E-state index is -0.726. The zero-order valence-corrected chi connectivity index (χ0v) is 21.6. The second kappa shape index (κ2) is 9.52. The van der Waals surface area contributed by atoms with Crippen molar-refractivity contribution in [3.8, 4) is 22.9 Å². The Morgan fingerprint density at radius 2 is 1.90 bits per heavy atom. The predicted molar refractivity (Wildman–Crippen MR) is 151 cm³/mol. The molecule has 12 heteroatoms. The fourth-order valence-corrected chi connectivity index (χ4v) is 5.22. The van der Waals surface area contributed by atoms with Crippen LogP contribution >= 0.6 is 0 Å². The van der Waals surface area contributed by atoms with Gasteiger partial charge in [0.1, 0.15) is 11.3 Å². The molecular weight excluding hydrogens is 523 g/mol. The van der Waals surface area contributed by atoms with Gasteiger partial charge in [0.2, 0.25) is 0 Å². The van der Waals surface area contributed by atoms with Crippen LogP contribution in [0.5, 0.6) is 0 Å². The Bertz CT molecular complexity index is 1950. The van der Waals surface area contributed by atoms with Gasteiger partial charge in [0, 0.05) is 30.5 Å². The zero-order valence-electron chi connectivity index (χ0n) is 21.6. The molecule has 5 N–H and O–H groups in total. The molecule has 11 nitrogen and oxygen atoms in total. The van der Waals surface area contributed by atoms with Crippen molar-refractivity contribution in [2.75, 3.05) is 11.5 Å². The van der Waals surface area contributed by atoms with Crippen LogP contribution < -0.4 is 16.8 Å². The lowest BCUT2D eigenvalue weighted by atomic mass is 10.1. The van der Waals surface area contributed by atoms with Gasteiger partial charge in [0.15, 0.2) is 28.9 Å². The molecule has 1 atom stereocenters. The van der Waals surface area contributed by atoms with E-state index in [1.165, 1.54) is 6.20 Å². The molecule has 41 heavy (non-hydrogen) atoms. The molecular formula is C29H23FN10O. The molecule has 0 saturated carbocycles. The van der Waals surface area contributed by atoms with Crippen molar-refractivity contribution < 1.29 is 9.18 Å². The third-order valence-corrected chi connectivity index (χ3v) is 7.21. The van der Waals surface area contributed by atoms with Crippen molar-refractivity contribution in [3.05, 3.63) is 102 Å². The predicted octanol–water partition coefficient (Wildman–Crippen LogP) is 3.78. The molecule has 6 aromatic rings. The maximum atomic E-state index is 13.9. The first kappa shape index (κ1) is 24.4. The van der Waals surface area contributed by atoms with Crippen molar-refractivity contribution in [1.82, 2.24) is 39.6 Å². The van der Waals surface area contributed by atoms with Crippen molar-refractivity contribution in [2.45, 2.75) is 18.9 Å². The molecule has 202 valence electrons. The first-order valence-electron chi connectivity index (χ1n) is 12.9. The van der Waals surface area contributed by atoms with E-state index < -0.39 is 11.7 Å². The Kier molecular flexibility index (Phi) is 5.66. The van der Waals surface area contributed by atoms with Crippen LogP contribution in [-0.4, -0.2) is 40.2 Å². The molecule has 1 amide bonds. The molecule has 1 aromatic carbocycles. The Morgan fingerprint density at radius 1 is 1.00 bits per heavy atom. The van der Waals surface area contributed by atoms with E-state index in [0.717, 1.165) is 29.3 Å². The number of rotatable bonds is 5. The second-order valence-electron chi connectivity index (χ2n) is 9.71. The number of hydrogen-bond acceptors (Lipinski definition) is 8. The number of anilines is 2. The molecule has 0 bridgehead atoms. The van der Waals surface area contributed by atoms with Gasteiger partial charge in [-0.15, -0.1) is 0 Å². The minimum absolute atomic E-state index is 0.115. The maximum absolute atomic E-state index is 13.9. The summed E-state index contributed by atoms with van der Waals surface area (Å²) in [5.41, 5.74) is 16.7. The van der Waals surface area contributed by atoms with E-state index in [-0.39, 0.29) is 17.4 Å². The van der Waals surface area contributed by atoms with E-state index in [2.05, 4.69) is 26.4 Å². The maximum Gasteiger partial charge on any atom is 0.253 e. The monoisotopic (exact) mass is 546 g/mol. The van der Waals surface area contributed by atoms with Gasteiger partial charge in [-0.3, -0.25) is 9.36 Å². The SMILES string of the molecule is Nc1ncc(C(=O)N[C@H]2CCc3cc(-n4c(-c5cccnc5N)nc5ccc(-n6cccn6)nc54)ccc32)cc1F. The van der Waals surface area contributed by atoms with E-state index in [1.807, 2.05) is 53.2 Å². The topological polar surface area (TPSA) is 155 Å². The number of halogens is 1. The van der Waals surface area contributed by atoms with E-state index in [0.29, 0.717) is 40.6 Å². The summed E-state index contributed by atoms with van der Waals surface area (Å²) in [5.74, 6) is 0.225. The highest BCUT2D eigenvalue weighted by atomic mass is 19.1. The molecule has 5 heterocycles. The van der Waals surface area contributed by atoms with Crippen molar-refractivity contribution in [2.24, 2.45) is 0 Å². The Hall–Kier alpha value is -5.65. The Morgan fingerprint density at radius 3 is 2.71 bits per heavy atom. The molecule has 0 unspecified atom stereocenters. The van der Waals surface area contributed by atoms with Crippen LogP contribution in [0.4, 0.5) is 16.0 Å². The highest BCUT2D eigenvalue weighted by molar-refractivity contribution is 5.94. The molecule has 7 rings (SSSR count). The Balaban J connectivity index is 1.30. The first-order valence-corrected chi connectivity index (χ1v) is 12.9. The summed E-state index contributed by atoms with van der Waals surface area (Å²) < 4.78 is 17.5. The van der Waals surface area contributed by atoms with Gasteiger partial charge in [0.05, 0.1) is 17.2 Å². The summed E-state index contributed by atoms with van der Waals surface area (Å²) in [6.45, 7) is 0. The lowest BCUT2D eigenvalue weighted by molar-refractivity contribution is 0.0936. The number of fused-ring (bicyclic) bond motifs is 2. The van der Waals surface area contributed by atoms with Gasteiger partial charge >= 0.3 is 0 Å². The smallest absolute Gasteiger partial charge is 0.253 e. The van der Waals surface area contributed by atoms with Crippen LogP contribution in [0.15, 0.2) is 79.4 Å². The van der Waals surface area contributed by atoms with Gasteiger partial charge < -0.3 is 16.8 Å². The highest BCUT2D eigenvalue weighted by Crippen LogP contribution is 2.36. The van der Waals surface area contributed by atoms with Crippen molar-refractivity contribution >= 4 is 28.7 Å². The summed E-state index contributed by atoms with van der Waals surface area (Å²) in [6.07, 6.45) is 7.87. The molecule has 0 fully saturated rings. The summed E-state index contributed by atoms with van der Waals surface area (Å²) in [5, 5.41) is 7.31. The van der Waals surface area contributed by atoms with Crippen LogP contribution in [0, 0.1) is 5.82 Å². The van der Waals surface area contributed by atoms with E-state index in [4.69, 9.17) is 21.4 Å². The van der Waals surface area contributed by atoms with Crippen LogP contribution in [0.3, 0.4) is 0 Å². The average Bonchev–Trinajstić information content (AvgIpc) is 3.73. The quantitative estimate of drug-likeness (QED) is 0.295. The number of aryl methyl sites for hydroxylation is 1. The highest BCUT2D eigenvalue weighted by Gasteiger charge is 2.26. The third-order valence-electron chi connectivity index (χ3n) is 7.21. The molecule has 1 aliphatic rings. The van der Waals surface area contributed by atoms with Gasteiger partial charge in [-0.25, -0.2) is 29.0 Å². The van der Waals surface area contributed by atoms with Crippen LogP contribution in [-0.2, 0) is 6.42 Å². The standard InChI is InChI=1S/C29H23FN10O/c30-21-14-17(15-34-26(21)32)29(41)37-22-7-4-16-13-18(5-6-19(16)22)40-27(20-3-1-10-33-25(20)31)36-23-8-9-24(38-28(23)40)39-12-2-11-35-39/h1-3,5-6,8-15,22H,4,7H2,(H2,31,33)(H2,32,34)(H,37,41)/t22-/m0/s1. The lowest BCUT2D eigenvalue weighted by Crippen LogP contribution is -2.27. The number of nitrogens with two attached hydrogens (primary N) is 2. The minimum Gasteiger partial charge on any atom is -0.383 e. The molecule has 0 saturated heterocycles. The molecule has 0 radical (unpaired) electrons. The average molecular weight is 547 g/mol. The summed E-state index contributed by atoms with van der Waals surface area (Å²) in [6, 6.07) is 16.2. The molecule has 1 aliphatic carbocycles. The number of hydrogen-bond donors (Lipinski definition) is 3. The number of carbonyl (C=O) groups is 1.